The molecule has 0 aromatic heterocycles. The summed E-state index contributed by atoms with van der Waals surface area (Å²) in [7, 11) is 0. The van der Waals surface area contributed by atoms with Crippen molar-refractivity contribution in [2.45, 2.75) is 32.9 Å². The van der Waals surface area contributed by atoms with Crippen LogP contribution in [0.3, 0.4) is 0 Å². The fourth-order valence-corrected chi connectivity index (χ4v) is 2.38. The molecule has 1 aliphatic heterocycles. The molecule has 2 N–H and O–H groups in total. The highest BCUT2D eigenvalue weighted by Gasteiger charge is 2.32. The lowest BCUT2D eigenvalue weighted by molar-refractivity contribution is -0.143. The van der Waals surface area contributed by atoms with Crippen LogP contribution in [0.25, 0.3) is 0 Å². The molecule has 0 saturated heterocycles. The van der Waals surface area contributed by atoms with Crippen molar-refractivity contribution in [3.05, 3.63) is 46.1 Å². The van der Waals surface area contributed by atoms with Gasteiger partial charge in [-0.05, 0) is 38.5 Å². The molecule has 0 unspecified atom stereocenters. The quantitative estimate of drug-likeness (QED) is 0.844. The van der Waals surface area contributed by atoms with Gasteiger partial charge in [-0.2, -0.15) is 0 Å². The van der Waals surface area contributed by atoms with Gasteiger partial charge >= 0.3 is 12.0 Å². The molecule has 1 aliphatic rings. The zero-order chi connectivity index (χ0) is 15.6. The van der Waals surface area contributed by atoms with E-state index in [1.54, 1.807) is 45.0 Å². The lowest BCUT2D eigenvalue weighted by Crippen LogP contribution is -2.45. The minimum absolute atomic E-state index is 0.240. The Morgan fingerprint density at radius 3 is 2.71 bits per heavy atom. The highest BCUT2D eigenvalue weighted by atomic mass is 35.5. The van der Waals surface area contributed by atoms with E-state index in [2.05, 4.69) is 10.6 Å². The maximum Gasteiger partial charge on any atom is 0.338 e. The van der Waals surface area contributed by atoms with Crippen molar-refractivity contribution in [2.24, 2.45) is 0 Å². The predicted molar refractivity (Wildman–Crippen MR) is 79.8 cm³/mol. The van der Waals surface area contributed by atoms with Crippen molar-refractivity contribution in [2.75, 3.05) is 0 Å². The molecule has 21 heavy (non-hydrogen) atoms. The number of carbonyl (C=O) groups excluding carboxylic acids is 2. The van der Waals surface area contributed by atoms with E-state index in [0.717, 1.165) is 5.56 Å². The maximum atomic E-state index is 12.3. The highest BCUT2D eigenvalue weighted by Crippen LogP contribution is 2.29. The van der Waals surface area contributed by atoms with E-state index < -0.39 is 12.0 Å². The van der Waals surface area contributed by atoms with Gasteiger partial charge in [-0.1, -0.05) is 23.7 Å². The van der Waals surface area contributed by atoms with Crippen molar-refractivity contribution in [3.8, 4) is 0 Å². The third-order valence-corrected chi connectivity index (χ3v) is 3.25. The second kappa shape index (κ2) is 6.18. The first-order chi connectivity index (χ1) is 9.88. The van der Waals surface area contributed by atoms with Crippen molar-refractivity contribution in [1.82, 2.24) is 10.6 Å². The highest BCUT2D eigenvalue weighted by molar-refractivity contribution is 6.30. The fourth-order valence-electron chi connectivity index (χ4n) is 2.18. The van der Waals surface area contributed by atoms with Gasteiger partial charge in [-0.25, -0.2) is 9.59 Å². The summed E-state index contributed by atoms with van der Waals surface area (Å²) in [6.07, 6.45) is -0.240. The SMILES string of the molecule is CC1=C(C(=O)OC(C)C)[C@@H](c2cccc(Cl)c2)NC(=O)N1. The first-order valence-corrected chi connectivity index (χ1v) is 7.01. The Labute approximate surface area is 128 Å². The van der Waals surface area contributed by atoms with Crippen LogP contribution in [0.15, 0.2) is 35.5 Å². The van der Waals surface area contributed by atoms with Gasteiger partial charge in [0.1, 0.15) is 0 Å². The number of amides is 2. The predicted octanol–water partition coefficient (Wildman–Crippen LogP) is 2.92. The van der Waals surface area contributed by atoms with Gasteiger partial charge in [0.15, 0.2) is 0 Å². The van der Waals surface area contributed by atoms with Crippen molar-refractivity contribution in [1.29, 1.82) is 0 Å². The number of allylic oxidation sites excluding steroid dienone is 1. The third kappa shape index (κ3) is 3.55. The minimum Gasteiger partial charge on any atom is -0.459 e. The smallest absolute Gasteiger partial charge is 0.338 e. The van der Waals surface area contributed by atoms with E-state index in [0.29, 0.717) is 16.3 Å². The van der Waals surface area contributed by atoms with Crippen LogP contribution in [0.5, 0.6) is 0 Å². The van der Waals surface area contributed by atoms with Gasteiger partial charge in [0.05, 0.1) is 17.7 Å². The Morgan fingerprint density at radius 1 is 1.38 bits per heavy atom. The molecule has 0 bridgehead atoms. The third-order valence-electron chi connectivity index (χ3n) is 3.01. The first-order valence-electron chi connectivity index (χ1n) is 6.63. The Balaban J connectivity index is 2.43. The van der Waals surface area contributed by atoms with Gasteiger partial charge < -0.3 is 15.4 Å². The van der Waals surface area contributed by atoms with Crippen molar-refractivity contribution >= 4 is 23.6 Å². The topological polar surface area (TPSA) is 67.4 Å². The summed E-state index contributed by atoms with van der Waals surface area (Å²) in [4.78, 5) is 24.0. The van der Waals surface area contributed by atoms with Crippen LogP contribution in [0.4, 0.5) is 4.79 Å². The molecule has 5 nitrogen and oxygen atoms in total. The molecule has 0 radical (unpaired) electrons. The number of hydrogen-bond acceptors (Lipinski definition) is 3. The minimum atomic E-state index is -0.580. The Bertz CT molecular complexity index is 611. The van der Waals surface area contributed by atoms with E-state index in [1.165, 1.54) is 0 Å². The molecule has 1 aromatic rings. The standard InChI is InChI=1S/C15H17ClN2O3/c1-8(2)21-14(19)12-9(3)17-15(20)18-13(12)10-5-4-6-11(16)7-10/h4-8,13H,1-3H3,(H2,17,18,20)/t13-/m1/s1. The van der Waals surface area contributed by atoms with Crippen LogP contribution in [0, 0.1) is 0 Å². The Hall–Kier alpha value is -2.01. The van der Waals surface area contributed by atoms with Crippen LogP contribution < -0.4 is 10.6 Å². The summed E-state index contributed by atoms with van der Waals surface area (Å²) in [6.45, 7) is 5.22. The largest absolute Gasteiger partial charge is 0.459 e. The molecule has 112 valence electrons. The molecule has 1 heterocycles. The van der Waals surface area contributed by atoms with Crippen LogP contribution >= 0.6 is 11.6 Å². The lowest BCUT2D eigenvalue weighted by Gasteiger charge is -2.28. The molecule has 0 spiro atoms. The first kappa shape index (κ1) is 15.4. The normalized spacial score (nSPS) is 18.3. The van der Waals surface area contributed by atoms with Crippen molar-refractivity contribution in [3.63, 3.8) is 0 Å². The average Bonchev–Trinajstić information content (AvgIpc) is 2.36. The van der Waals surface area contributed by atoms with Gasteiger partial charge in [0, 0.05) is 10.7 Å². The maximum absolute atomic E-state index is 12.3. The van der Waals surface area contributed by atoms with Crippen LogP contribution in [0.1, 0.15) is 32.4 Å². The van der Waals surface area contributed by atoms with E-state index in [1.807, 2.05) is 0 Å². The molecular formula is C15H17ClN2O3. The Morgan fingerprint density at radius 2 is 2.10 bits per heavy atom. The zero-order valence-electron chi connectivity index (χ0n) is 12.1. The molecule has 2 amide bonds. The van der Waals surface area contributed by atoms with Crippen LogP contribution in [-0.4, -0.2) is 18.1 Å². The number of halogens is 1. The lowest BCUT2D eigenvalue weighted by atomic mass is 9.95. The summed E-state index contributed by atoms with van der Waals surface area (Å²) in [5, 5.41) is 5.86. The summed E-state index contributed by atoms with van der Waals surface area (Å²) in [6, 6.07) is 6.08. The average molecular weight is 309 g/mol. The summed E-state index contributed by atoms with van der Waals surface area (Å²) in [5.41, 5.74) is 1.59. The fraction of sp³-hybridized carbons (Fsp3) is 0.333. The molecule has 2 rings (SSSR count). The van der Waals surface area contributed by atoms with E-state index in [9.17, 15) is 9.59 Å². The number of benzene rings is 1. The van der Waals surface area contributed by atoms with E-state index in [4.69, 9.17) is 16.3 Å². The van der Waals surface area contributed by atoms with E-state index >= 15 is 0 Å². The number of carbonyl (C=O) groups is 2. The van der Waals surface area contributed by atoms with Crippen LogP contribution in [0.2, 0.25) is 5.02 Å². The van der Waals surface area contributed by atoms with Gasteiger partial charge in [0.2, 0.25) is 0 Å². The number of urea groups is 1. The van der Waals surface area contributed by atoms with Gasteiger partial charge in [-0.3, -0.25) is 0 Å². The number of rotatable bonds is 3. The summed E-state index contributed by atoms with van der Waals surface area (Å²) < 4.78 is 5.26. The zero-order valence-corrected chi connectivity index (χ0v) is 12.8. The van der Waals surface area contributed by atoms with Crippen molar-refractivity contribution < 1.29 is 14.3 Å². The molecule has 6 heteroatoms. The summed E-state index contributed by atoms with van der Waals surface area (Å²) in [5.74, 6) is -0.458. The molecule has 1 aromatic carbocycles. The number of ether oxygens (including phenoxy) is 1. The molecule has 0 aliphatic carbocycles. The number of nitrogens with one attached hydrogen (secondary N) is 2. The molecular weight excluding hydrogens is 292 g/mol. The Kier molecular flexibility index (Phi) is 4.53. The van der Waals surface area contributed by atoms with Crippen LogP contribution in [-0.2, 0) is 9.53 Å². The second-order valence-electron chi connectivity index (χ2n) is 5.08. The van der Waals surface area contributed by atoms with E-state index in [-0.39, 0.29) is 12.1 Å². The molecule has 1 atom stereocenters. The molecule has 0 saturated carbocycles. The molecule has 0 fully saturated rings. The monoisotopic (exact) mass is 308 g/mol. The second-order valence-corrected chi connectivity index (χ2v) is 5.52. The summed E-state index contributed by atoms with van der Waals surface area (Å²) >= 11 is 5.99. The number of esters is 1. The van der Waals surface area contributed by atoms with Gasteiger partial charge in [-0.15, -0.1) is 0 Å². The van der Waals surface area contributed by atoms with Gasteiger partial charge in [0.25, 0.3) is 0 Å². The number of hydrogen-bond donors (Lipinski definition) is 2.